The molecule has 0 atom stereocenters. The van der Waals surface area contributed by atoms with Crippen LogP contribution in [0.25, 0.3) is 0 Å². The Morgan fingerprint density at radius 1 is 1.18 bits per heavy atom. The summed E-state index contributed by atoms with van der Waals surface area (Å²) in [5, 5.41) is 3.10. The minimum atomic E-state index is 0.0424. The molecule has 0 aromatic carbocycles. The lowest BCUT2D eigenvalue weighted by molar-refractivity contribution is -0.119. The third kappa shape index (κ3) is 2.02. The smallest absolute Gasteiger partial charge is 0.246 e. The van der Waals surface area contributed by atoms with Crippen molar-refractivity contribution in [2.75, 3.05) is 6.54 Å². The Bertz CT molecular complexity index is 323. The summed E-state index contributed by atoms with van der Waals surface area (Å²) in [7, 11) is 0. The molecule has 1 N–H and O–H groups in total. The molecular formula is C15H23NO. The van der Waals surface area contributed by atoms with Crippen molar-refractivity contribution >= 4 is 5.91 Å². The number of amides is 1. The minimum Gasteiger partial charge on any atom is -0.352 e. The zero-order valence-corrected chi connectivity index (χ0v) is 10.8. The molecule has 4 saturated carbocycles. The molecule has 17 heavy (non-hydrogen) atoms. The second kappa shape index (κ2) is 3.86. The van der Waals surface area contributed by atoms with Gasteiger partial charge in [0.2, 0.25) is 5.91 Å². The Morgan fingerprint density at radius 3 is 2.06 bits per heavy atom. The third-order valence-electron chi connectivity index (χ3n) is 5.18. The largest absolute Gasteiger partial charge is 0.352 e. The number of nitrogens with one attached hydrogen (secondary N) is 1. The topological polar surface area (TPSA) is 29.1 Å². The lowest BCUT2D eigenvalue weighted by Gasteiger charge is -2.56. The molecule has 2 heteroatoms. The van der Waals surface area contributed by atoms with E-state index in [0.29, 0.717) is 11.0 Å². The van der Waals surface area contributed by atoms with Crippen molar-refractivity contribution in [1.29, 1.82) is 0 Å². The molecule has 4 fully saturated rings. The first-order valence-electron chi connectivity index (χ1n) is 7.00. The van der Waals surface area contributed by atoms with Gasteiger partial charge in [-0.2, -0.15) is 0 Å². The van der Waals surface area contributed by atoms with E-state index in [1.807, 2.05) is 0 Å². The maximum absolute atomic E-state index is 11.6. The molecule has 94 valence electrons. The van der Waals surface area contributed by atoms with Gasteiger partial charge in [0.1, 0.15) is 0 Å². The van der Waals surface area contributed by atoms with Crippen LogP contribution in [0.15, 0.2) is 12.2 Å². The van der Waals surface area contributed by atoms with E-state index in [0.717, 1.165) is 24.3 Å². The number of rotatable bonds is 3. The molecule has 4 bridgehead atoms. The first-order chi connectivity index (χ1) is 8.06. The fourth-order valence-corrected chi connectivity index (χ4v) is 4.93. The summed E-state index contributed by atoms with van der Waals surface area (Å²) < 4.78 is 0. The summed E-state index contributed by atoms with van der Waals surface area (Å²) in [6.07, 6.45) is 8.47. The monoisotopic (exact) mass is 233 g/mol. The molecule has 0 unspecified atom stereocenters. The molecule has 1 amide bonds. The molecule has 4 aliphatic rings. The quantitative estimate of drug-likeness (QED) is 0.746. The first kappa shape index (κ1) is 11.3. The molecule has 2 nitrogen and oxygen atoms in total. The zero-order valence-electron chi connectivity index (χ0n) is 10.8. The predicted octanol–water partition coefficient (Wildman–Crippen LogP) is 2.90. The highest BCUT2D eigenvalue weighted by atomic mass is 16.1. The molecule has 0 radical (unpaired) electrons. The Morgan fingerprint density at radius 2 is 1.65 bits per heavy atom. The van der Waals surface area contributed by atoms with Crippen molar-refractivity contribution in [3.63, 3.8) is 0 Å². The number of carbonyl (C=O) groups is 1. The number of carbonyl (C=O) groups excluding carboxylic acids is 1. The molecule has 0 spiro atoms. The van der Waals surface area contributed by atoms with E-state index >= 15 is 0 Å². The van der Waals surface area contributed by atoms with Crippen molar-refractivity contribution in [2.24, 2.45) is 23.2 Å². The number of hydrogen-bond acceptors (Lipinski definition) is 1. The van der Waals surface area contributed by atoms with Crippen LogP contribution in [0.2, 0.25) is 0 Å². The first-order valence-corrected chi connectivity index (χ1v) is 7.00. The highest BCUT2D eigenvalue weighted by Gasteiger charge is 2.50. The second-order valence-corrected chi connectivity index (χ2v) is 6.88. The van der Waals surface area contributed by atoms with Gasteiger partial charge in [-0.25, -0.2) is 0 Å². The van der Waals surface area contributed by atoms with Crippen molar-refractivity contribution in [3.05, 3.63) is 12.2 Å². The van der Waals surface area contributed by atoms with Crippen LogP contribution in [0.5, 0.6) is 0 Å². The summed E-state index contributed by atoms with van der Waals surface area (Å²) in [4.78, 5) is 11.6. The lowest BCUT2D eigenvalue weighted by Crippen LogP contribution is -2.51. The fourth-order valence-electron chi connectivity index (χ4n) is 4.93. The molecular weight excluding hydrogens is 210 g/mol. The van der Waals surface area contributed by atoms with Gasteiger partial charge in [-0.1, -0.05) is 6.58 Å². The summed E-state index contributed by atoms with van der Waals surface area (Å²) >= 11 is 0. The maximum Gasteiger partial charge on any atom is 0.246 e. The van der Waals surface area contributed by atoms with Crippen molar-refractivity contribution in [3.8, 4) is 0 Å². The minimum absolute atomic E-state index is 0.0424. The van der Waals surface area contributed by atoms with Gasteiger partial charge in [-0.05, 0) is 68.6 Å². The van der Waals surface area contributed by atoms with Crippen LogP contribution in [0, 0.1) is 23.2 Å². The second-order valence-electron chi connectivity index (χ2n) is 6.88. The molecule has 0 aromatic heterocycles. The van der Waals surface area contributed by atoms with E-state index in [2.05, 4.69) is 11.9 Å². The molecule has 0 heterocycles. The van der Waals surface area contributed by atoms with Crippen LogP contribution in [-0.4, -0.2) is 12.5 Å². The molecule has 4 aliphatic carbocycles. The average Bonchev–Trinajstić information content (AvgIpc) is 2.24. The highest BCUT2D eigenvalue weighted by molar-refractivity contribution is 5.92. The third-order valence-corrected chi connectivity index (χ3v) is 5.18. The van der Waals surface area contributed by atoms with Crippen molar-refractivity contribution in [1.82, 2.24) is 5.32 Å². The summed E-state index contributed by atoms with van der Waals surface area (Å²) in [5.41, 5.74) is 1.08. The van der Waals surface area contributed by atoms with Crippen molar-refractivity contribution in [2.45, 2.75) is 45.4 Å². The van der Waals surface area contributed by atoms with Gasteiger partial charge < -0.3 is 5.32 Å². The fraction of sp³-hybridized carbons (Fsp3) is 0.800. The molecule has 0 saturated heterocycles. The molecule has 0 aromatic rings. The van der Waals surface area contributed by atoms with Gasteiger partial charge >= 0.3 is 0 Å². The highest BCUT2D eigenvalue weighted by Crippen LogP contribution is 2.59. The van der Waals surface area contributed by atoms with Crippen molar-refractivity contribution < 1.29 is 4.79 Å². The van der Waals surface area contributed by atoms with Gasteiger partial charge in [0.15, 0.2) is 0 Å². The van der Waals surface area contributed by atoms with Gasteiger partial charge in [0.05, 0.1) is 0 Å². The Kier molecular flexibility index (Phi) is 2.57. The Balaban J connectivity index is 1.66. The normalized spacial score (nSPS) is 42.5. The Labute approximate surface area is 104 Å². The van der Waals surface area contributed by atoms with E-state index in [1.165, 1.54) is 38.5 Å². The summed E-state index contributed by atoms with van der Waals surface area (Å²) in [6, 6.07) is 0. The van der Waals surface area contributed by atoms with Gasteiger partial charge in [0, 0.05) is 12.1 Å². The van der Waals surface area contributed by atoms with Crippen LogP contribution in [0.1, 0.15) is 45.4 Å². The van der Waals surface area contributed by atoms with Gasteiger partial charge in [-0.15, -0.1) is 0 Å². The van der Waals surface area contributed by atoms with Gasteiger partial charge in [0.25, 0.3) is 0 Å². The van der Waals surface area contributed by atoms with Gasteiger partial charge in [-0.3, -0.25) is 4.79 Å². The Hall–Kier alpha value is -0.790. The number of hydrogen-bond donors (Lipinski definition) is 1. The van der Waals surface area contributed by atoms with Crippen LogP contribution >= 0.6 is 0 Å². The summed E-state index contributed by atoms with van der Waals surface area (Å²) in [5.74, 6) is 2.93. The van der Waals surface area contributed by atoms with E-state index in [-0.39, 0.29) is 5.91 Å². The maximum atomic E-state index is 11.6. The van der Waals surface area contributed by atoms with E-state index in [4.69, 9.17) is 0 Å². The van der Waals surface area contributed by atoms with Crippen LogP contribution in [0.3, 0.4) is 0 Å². The predicted molar refractivity (Wildman–Crippen MR) is 68.4 cm³/mol. The molecule has 0 aliphatic heterocycles. The van der Waals surface area contributed by atoms with E-state index < -0.39 is 0 Å². The molecule has 4 rings (SSSR count). The van der Waals surface area contributed by atoms with E-state index in [9.17, 15) is 4.79 Å². The van der Waals surface area contributed by atoms with Crippen LogP contribution in [0.4, 0.5) is 0 Å². The lowest BCUT2D eigenvalue weighted by atomic mass is 9.49. The summed E-state index contributed by atoms with van der Waals surface area (Å²) in [6.45, 7) is 6.39. The SMILES string of the molecule is C=C(C)C(=O)NCC12CC3CC(CC(C3)C1)C2. The van der Waals surface area contributed by atoms with Crippen LogP contribution < -0.4 is 5.32 Å². The average molecular weight is 233 g/mol. The van der Waals surface area contributed by atoms with Crippen LogP contribution in [-0.2, 0) is 4.79 Å². The standard InChI is InChI=1S/C15H23NO/c1-10(2)14(17)16-9-15-6-11-3-12(7-15)5-13(4-11)8-15/h11-13H,1,3-9H2,2H3,(H,16,17). The zero-order chi connectivity index (χ0) is 12.0. The van der Waals surface area contributed by atoms with E-state index in [1.54, 1.807) is 6.92 Å².